The summed E-state index contributed by atoms with van der Waals surface area (Å²) in [6.45, 7) is 15.8. The number of β-amino-alcohol motifs (C(OH)–C–C–N with tert-alkyl or cyclic N) is 1. The number of hydrogen-bond donors (Lipinski definition) is 6. The largest absolute Gasteiger partial charge is 0.494 e. The number of carbonyl (C=O) groups is 4. The number of para-hydroxylation sites is 1. The fraction of sp³-hybridized carbons (Fsp3) is 0.517. The van der Waals surface area contributed by atoms with Gasteiger partial charge >= 0.3 is 0 Å². The molecule has 0 aliphatic carbocycles. The van der Waals surface area contributed by atoms with Crippen LogP contribution in [0.5, 0.6) is 5.75 Å². The van der Waals surface area contributed by atoms with Crippen molar-refractivity contribution < 1.29 is 57.3 Å². The molecule has 462 valence electrons. The Morgan fingerprint density at radius 2 is 1.44 bits per heavy atom. The number of nitrogens with one attached hydrogen (secondary N) is 5. The highest BCUT2D eigenvalue weighted by Crippen LogP contribution is 2.39. The minimum atomic E-state index is -2.57. The number of aliphatic hydroxyl groups excluding tert-OH is 1. The molecule has 0 saturated carbocycles. The standard InChI is InChI=1S/C60H82ClN10O12PS/c1-40-54(85-39-64-40)42-14-12-41(13-15-42)36-62-57(75)49-35-45(72)38-71(49)58(76)55(60(2,3)4)68-53(74)21-25-80-27-29-82-31-33-83-32-30-81-28-26-79-24-20-52(73)65-43-18-22-70(23-19-43)44-16-17-47(50(34-44)78-5)67-59-63-37-46(61)56(69-59)66-48-10-8-9-11-51(48)84(6,7)77/h8-17,34,37,39,43,45,49,55,72H,18-33,35-36,38H2,1-7H3,(H,62,75)(H,65,73)(H,68,74)(H2,63,66,67,69)/t45-,49+,55-/m1/s1. The number of piperidine rings is 1. The maximum absolute atomic E-state index is 14.0. The molecule has 2 fully saturated rings. The van der Waals surface area contributed by atoms with Crippen LogP contribution in [-0.4, -0.2) is 179 Å². The van der Waals surface area contributed by atoms with Crippen LogP contribution in [0.2, 0.25) is 5.02 Å². The lowest BCUT2D eigenvalue weighted by atomic mass is 9.85. The molecule has 2 saturated heterocycles. The first-order valence-corrected chi connectivity index (χ1v) is 32.5. The quantitative estimate of drug-likeness (QED) is 0.0186. The number of aromatic nitrogens is 3. The van der Waals surface area contributed by atoms with Crippen LogP contribution in [0.4, 0.5) is 28.8 Å². The van der Waals surface area contributed by atoms with E-state index in [1.165, 1.54) is 11.1 Å². The molecule has 6 N–H and O–H groups in total. The second-order valence-corrected chi connectivity index (χ2v) is 26.7. The van der Waals surface area contributed by atoms with E-state index in [0.717, 1.165) is 53.3 Å². The molecule has 2 aliphatic heterocycles. The molecule has 0 radical (unpaired) electrons. The van der Waals surface area contributed by atoms with E-state index in [1.807, 2.05) is 99.9 Å². The van der Waals surface area contributed by atoms with Gasteiger partial charge in [-0.3, -0.25) is 19.2 Å². The molecule has 22 nitrogen and oxygen atoms in total. The molecule has 7 rings (SSSR count). The van der Waals surface area contributed by atoms with E-state index >= 15 is 0 Å². The van der Waals surface area contributed by atoms with Crippen LogP contribution in [0.15, 0.2) is 78.4 Å². The van der Waals surface area contributed by atoms with Crippen LogP contribution in [0.1, 0.15) is 64.1 Å². The first-order valence-electron chi connectivity index (χ1n) is 28.6. The molecule has 0 bridgehead atoms. The van der Waals surface area contributed by atoms with Crippen molar-refractivity contribution in [2.45, 2.75) is 90.6 Å². The van der Waals surface area contributed by atoms with Crippen molar-refractivity contribution in [1.29, 1.82) is 0 Å². The second-order valence-electron chi connectivity index (χ2n) is 22.2. The van der Waals surface area contributed by atoms with Crippen LogP contribution >= 0.6 is 30.1 Å². The van der Waals surface area contributed by atoms with Gasteiger partial charge in [-0.05, 0) is 73.9 Å². The minimum absolute atomic E-state index is 0.0128. The number of amides is 4. The summed E-state index contributed by atoms with van der Waals surface area (Å²) in [5.74, 6) is 0.0469. The van der Waals surface area contributed by atoms with Gasteiger partial charge in [0.2, 0.25) is 29.6 Å². The van der Waals surface area contributed by atoms with E-state index in [1.54, 1.807) is 31.8 Å². The molecule has 25 heteroatoms. The van der Waals surface area contributed by atoms with Gasteiger partial charge in [-0.15, -0.1) is 11.3 Å². The summed E-state index contributed by atoms with van der Waals surface area (Å²) in [5, 5.41) is 27.0. The Kier molecular flexibility index (Phi) is 25.3. The number of anilines is 5. The van der Waals surface area contributed by atoms with Gasteiger partial charge in [0.25, 0.3) is 0 Å². The number of ether oxygens (including phenoxy) is 6. The number of carbonyl (C=O) groups excluding carboxylic acids is 4. The summed E-state index contributed by atoms with van der Waals surface area (Å²) >= 11 is 8.04. The number of hydrogen-bond acceptors (Lipinski definition) is 19. The second kappa shape index (κ2) is 32.5. The Morgan fingerprint density at radius 1 is 0.812 bits per heavy atom. The third-order valence-corrected chi connectivity index (χ3v) is 17.1. The van der Waals surface area contributed by atoms with Gasteiger partial charge in [-0.1, -0.05) is 68.8 Å². The van der Waals surface area contributed by atoms with Crippen molar-refractivity contribution >= 4 is 87.8 Å². The van der Waals surface area contributed by atoms with Crippen molar-refractivity contribution in [2.75, 3.05) is 122 Å². The molecule has 5 aromatic rings. The molecule has 2 aromatic heterocycles. The number of thiazole rings is 1. The highest BCUT2D eigenvalue weighted by Gasteiger charge is 2.44. The van der Waals surface area contributed by atoms with Crippen LogP contribution in [0.3, 0.4) is 0 Å². The smallest absolute Gasteiger partial charge is 0.246 e. The van der Waals surface area contributed by atoms with Crippen molar-refractivity contribution in [1.82, 2.24) is 35.8 Å². The Hall–Kier alpha value is -6.27. The Morgan fingerprint density at radius 3 is 2.04 bits per heavy atom. The number of aliphatic hydroxyl groups is 1. The molecule has 0 unspecified atom stereocenters. The lowest BCUT2D eigenvalue weighted by Crippen LogP contribution is -2.57. The minimum Gasteiger partial charge on any atom is -0.494 e. The summed E-state index contributed by atoms with van der Waals surface area (Å²) < 4.78 is 46.7. The van der Waals surface area contributed by atoms with Crippen LogP contribution in [-0.2, 0) is 54.0 Å². The van der Waals surface area contributed by atoms with Crippen molar-refractivity contribution in [3.05, 3.63) is 94.7 Å². The Bertz CT molecular complexity index is 3030. The summed E-state index contributed by atoms with van der Waals surface area (Å²) in [5.41, 5.74) is 6.34. The zero-order valence-electron chi connectivity index (χ0n) is 49.7. The highest BCUT2D eigenvalue weighted by molar-refractivity contribution is 7.70. The summed E-state index contributed by atoms with van der Waals surface area (Å²) in [4.78, 5) is 71.2. The molecule has 4 amide bonds. The van der Waals surface area contributed by atoms with E-state index in [4.69, 9.17) is 40.0 Å². The molecule has 4 heterocycles. The van der Waals surface area contributed by atoms with Crippen molar-refractivity contribution in [2.24, 2.45) is 5.41 Å². The maximum Gasteiger partial charge on any atom is 0.246 e. The first-order chi connectivity index (χ1) is 40.8. The zero-order valence-corrected chi connectivity index (χ0v) is 52.1. The lowest BCUT2D eigenvalue weighted by Gasteiger charge is -2.35. The lowest BCUT2D eigenvalue weighted by molar-refractivity contribution is -0.144. The van der Waals surface area contributed by atoms with Crippen LogP contribution in [0, 0.1) is 12.3 Å². The maximum atomic E-state index is 14.0. The SMILES string of the molecule is COc1cc(N2CCC(NC(=O)CCOCCOCCOCCOCCOCCC(=O)N[C@H](C(=O)N3C[C@H](O)C[C@H]3C(=O)NCc3ccc(-c4scnc4C)cc3)C(C)(C)C)CC2)ccc1Nc1ncc(Cl)c(Nc2ccccc2P(C)(C)=O)n1. The summed E-state index contributed by atoms with van der Waals surface area (Å²) in [7, 11) is -0.972. The van der Waals surface area contributed by atoms with Gasteiger partial charge in [0.15, 0.2) is 5.82 Å². The topological polar surface area (TPSA) is 266 Å². The van der Waals surface area contributed by atoms with Crippen molar-refractivity contribution in [3.63, 3.8) is 0 Å². The van der Waals surface area contributed by atoms with Gasteiger partial charge in [-0.2, -0.15) is 4.98 Å². The number of aryl methyl sites for hydroxylation is 1. The fourth-order valence-corrected chi connectivity index (χ4v) is 11.8. The van der Waals surface area contributed by atoms with E-state index in [0.29, 0.717) is 85.5 Å². The van der Waals surface area contributed by atoms with Gasteiger partial charge in [0.1, 0.15) is 30.0 Å². The molecule has 85 heavy (non-hydrogen) atoms. The Labute approximate surface area is 507 Å². The number of nitrogens with zero attached hydrogens (tertiary/aromatic N) is 5. The number of rotatable bonds is 32. The third kappa shape index (κ3) is 20.4. The number of likely N-dealkylation sites (tertiary alicyclic amines) is 1. The highest BCUT2D eigenvalue weighted by atomic mass is 35.5. The van der Waals surface area contributed by atoms with E-state index in [-0.39, 0.29) is 75.9 Å². The van der Waals surface area contributed by atoms with E-state index in [9.17, 15) is 28.8 Å². The normalized spacial score (nSPS) is 16.0. The molecule has 2 aliphatic rings. The summed E-state index contributed by atoms with van der Waals surface area (Å²) in [6, 6.07) is 19.3. The molecular formula is C60H82ClN10O12PS. The number of halogens is 1. The molecule has 0 spiro atoms. The van der Waals surface area contributed by atoms with Crippen LogP contribution < -0.4 is 41.5 Å². The van der Waals surface area contributed by atoms with Gasteiger partial charge in [-0.25, -0.2) is 9.97 Å². The molecule has 3 aromatic carbocycles. The van der Waals surface area contributed by atoms with Gasteiger partial charge in [0.05, 0.1) is 113 Å². The van der Waals surface area contributed by atoms with Crippen molar-refractivity contribution in [3.8, 4) is 16.2 Å². The number of methoxy groups -OCH3 is 1. The monoisotopic (exact) mass is 1230 g/mol. The third-order valence-electron chi connectivity index (χ3n) is 14.3. The first kappa shape index (κ1) is 66.3. The average Bonchev–Trinajstić information content (AvgIpc) is 4.17. The predicted molar refractivity (Wildman–Crippen MR) is 330 cm³/mol. The zero-order chi connectivity index (χ0) is 60.9. The fourth-order valence-electron chi connectivity index (χ4n) is 9.70. The van der Waals surface area contributed by atoms with Gasteiger partial charge in [0, 0.05) is 68.5 Å². The van der Waals surface area contributed by atoms with Crippen LogP contribution in [0.25, 0.3) is 10.4 Å². The van der Waals surface area contributed by atoms with Gasteiger partial charge < -0.3 is 74.5 Å². The predicted octanol–water partition coefficient (Wildman–Crippen LogP) is 7.06. The molecular weight excluding hydrogens is 1150 g/mol. The van der Waals surface area contributed by atoms with E-state index in [2.05, 4.69) is 46.4 Å². The Balaban J connectivity index is 0.676. The summed E-state index contributed by atoms with van der Waals surface area (Å²) in [6.07, 6.45) is 2.57. The average molecular weight is 1230 g/mol. The molecule has 3 atom stereocenters. The number of benzene rings is 3. The van der Waals surface area contributed by atoms with E-state index < -0.39 is 36.7 Å².